The number of sulfone groups is 1. The Labute approximate surface area is 176 Å². The molecule has 10 nitrogen and oxygen atoms in total. The molecular weight excluding hydrogens is 432 g/mol. The van der Waals surface area contributed by atoms with Crippen LogP contribution in [0.4, 0.5) is 5.69 Å². The second-order valence-corrected chi connectivity index (χ2v) is 10.4. The van der Waals surface area contributed by atoms with E-state index in [0.29, 0.717) is 16.8 Å². The highest BCUT2D eigenvalue weighted by atomic mass is 32.2. The number of hydrogen-bond acceptors (Lipinski definition) is 7. The summed E-state index contributed by atoms with van der Waals surface area (Å²) < 4.78 is 26.8. The summed E-state index contributed by atoms with van der Waals surface area (Å²) in [6, 6.07) is 4.25. The number of carbonyl (C=O) groups excluding carboxylic acids is 2. The molecular formula is C18H22N4O6S2. The number of benzene rings is 1. The van der Waals surface area contributed by atoms with E-state index in [9.17, 15) is 28.1 Å². The van der Waals surface area contributed by atoms with Crippen molar-refractivity contribution < 1.29 is 22.9 Å². The predicted molar refractivity (Wildman–Crippen MR) is 112 cm³/mol. The van der Waals surface area contributed by atoms with Gasteiger partial charge in [0.1, 0.15) is 11.5 Å². The number of aromatic nitrogens is 1. The number of nitro benzene ring substituents is 1. The Hall–Kier alpha value is -2.60. The highest BCUT2D eigenvalue weighted by Crippen LogP contribution is 2.22. The highest BCUT2D eigenvalue weighted by molar-refractivity contribution is 7.92. The van der Waals surface area contributed by atoms with Crippen LogP contribution in [0.25, 0.3) is 10.2 Å². The SMILES string of the molecule is CC1CCCCN1C(=O)CS(=O)(=O)CC(=O)N=c1sc2cc([N+](=O)[O-])ccc2n1C. The lowest BCUT2D eigenvalue weighted by molar-refractivity contribution is -0.384. The number of nitro groups is 1. The first-order valence-electron chi connectivity index (χ1n) is 9.39. The van der Waals surface area contributed by atoms with E-state index in [2.05, 4.69) is 4.99 Å². The van der Waals surface area contributed by atoms with Gasteiger partial charge in [0.05, 0.1) is 15.1 Å². The van der Waals surface area contributed by atoms with E-state index in [1.54, 1.807) is 22.6 Å². The lowest BCUT2D eigenvalue weighted by Crippen LogP contribution is -2.45. The van der Waals surface area contributed by atoms with Gasteiger partial charge in [0, 0.05) is 31.8 Å². The van der Waals surface area contributed by atoms with E-state index in [4.69, 9.17) is 0 Å². The van der Waals surface area contributed by atoms with Crippen molar-refractivity contribution in [2.75, 3.05) is 18.1 Å². The van der Waals surface area contributed by atoms with Crippen LogP contribution in [0.1, 0.15) is 26.2 Å². The van der Waals surface area contributed by atoms with Crippen LogP contribution in [-0.2, 0) is 26.5 Å². The lowest BCUT2D eigenvalue weighted by Gasteiger charge is -2.33. The molecule has 1 aliphatic heterocycles. The van der Waals surface area contributed by atoms with Crippen molar-refractivity contribution >= 4 is 48.9 Å². The Morgan fingerprint density at radius 1 is 1.30 bits per heavy atom. The predicted octanol–water partition coefficient (Wildman–Crippen LogP) is 1.39. The first kappa shape index (κ1) is 22.1. The maximum Gasteiger partial charge on any atom is 0.270 e. The topological polar surface area (TPSA) is 132 Å². The molecule has 12 heteroatoms. The average Bonchev–Trinajstić information content (AvgIpc) is 2.95. The molecule has 0 aliphatic carbocycles. The van der Waals surface area contributed by atoms with Gasteiger partial charge in [-0.05, 0) is 32.3 Å². The smallest absolute Gasteiger partial charge is 0.270 e. The van der Waals surface area contributed by atoms with E-state index in [0.717, 1.165) is 30.6 Å². The average molecular weight is 455 g/mol. The first-order valence-corrected chi connectivity index (χ1v) is 12.0. The minimum Gasteiger partial charge on any atom is -0.339 e. The van der Waals surface area contributed by atoms with Crippen LogP contribution in [-0.4, -0.2) is 58.7 Å². The lowest BCUT2D eigenvalue weighted by atomic mass is 10.0. The highest BCUT2D eigenvalue weighted by Gasteiger charge is 2.28. The molecule has 162 valence electrons. The zero-order valence-electron chi connectivity index (χ0n) is 16.6. The summed E-state index contributed by atoms with van der Waals surface area (Å²) in [5.74, 6) is -2.96. The fourth-order valence-corrected chi connectivity index (χ4v) is 5.61. The third kappa shape index (κ3) is 4.93. The van der Waals surface area contributed by atoms with Gasteiger partial charge in [-0.2, -0.15) is 4.99 Å². The molecule has 0 radical (unpaired) electrons. The molecule has 0 spiro atoms. The second kappa shape index (κ2) is 8.64. The molecule has 1 saturated heterocycles. The number of rotatable bonds is 5. The molecule has 1 aromatic carbocycles. The number of piperidine rings is 1. The number of likely N-dealkylation sites (tertiary alicyclic amines) is 1. The number of thiazole rings is 1. The molecule has 30 heavy (non-hydrogen) atoms. The maximum atomic E-state index is 12.4. The fraction of sp³-hybridized carbons (Fsp3) is 0.500. The number of non-ortho nitro benzene ring substituents is 1. The van der Waals surface area contributed by atoms with E-state index >= 15 is 0 Å². The van der Waals surface area contributed by atoms with Crippen molar-refractivity contribution in [3.8, 4) is 0 Å². The Morgan fingerprint density at radius 2 is 2.03 bits per heavy atom. The van der Waals surface area contributed by atoms with Crippen LogP contribution in [0.2, 0.25) is 0 Å². The van der Waals surface area contributed by atoms with Crippen LogP contribution >= 0.6 is 11.3 Å². The van der Waals surface area contributed by atoms with Crippen LogP contribution in [0.3, 0.4) is 0 Å². The molecule has 3 rings (SSSR count). The largest absolute Gasteiger partial charge is 0.339 e. The van der Waals surface area contributed by atoms with Crippen molar-refractivity contribution in [2.24, 2.45) is 12.0 Å². The molecule has 2 heterocycles. The molecule has 2 amide bonds. The molecule has 1 fully saturated rings. The van der Waals surface area contributed by atoms with E-state index in [1.165, 1.54) is 12.1 Å². The van der Waals surface area contributed by atoms with Gasteiger partial charge in [-0.15, -0.1) is 0 Å². The minimum absolute atomic E-state index is 0.0107. The van der Waals surface area contributed by atoms with Crippen molar-refractivity contribution in [3.63, 3.8) is 0 Å². The summed E-state index contributed by atoms with van der Waals surface area (Å²) in [6.07, 6.45) is 2.68. The van der Waals surface area contributed by atoms with Gasteiger partial charge in [-0.1, -0.05) is 11.3 Å². The maximum absolute atomic E-state index is 12.4. The quantitative estimate of drug-likeness (QED) is 0.495. The monoisotopic (exact) mass is 454 g/mol. The minimum atomic E-state index is -3.96. The standard InChI is InChI=1S/C18H22N4O6S2/c1-12-5-3-4-8-21(12)17(24)11-30(27,28)10-16(23)19-18-20(2)14-7-6-13(22(25)26)9-15(14)29-18/h6-7,9,12H,3-5,8,10-11H2,1-2H3. The molecule has 1 aromatic heterocycles. The van der Waals surface area contributed by atoms with E-state index in [1.807, 2.05) is 6.92 Å². The van der Waals surface area contributed by atoms with Crippen molar-refractivity contribution in [1.29, 1.82) is 0 Å². The molecule has 1 aliphatic rings. The molecule has 0 bridgehead atoms. The molecule has 1 unspecified atom stereocenters. The number of hydrogen-bond donors (Lipinski definition) is 0. The van der Waals surface area contributed by atoms with Gasteiger partial charge in [-0.3, -0.25) is 19.7 Å². The van der Waals surface area contributed by atoms with Gasteiger partial charge in [0.25, 0.3) is 11.6 Å². The number of fused-ring (bicyclic) bond motifs is 1. The number of amides is 2. The zero-order valence-corrected chi connectivity index (χ0v) is 18.2. The van der Waals surface area contributed by atoms with E-state index in [-0.39, 0.29) is 16.5 Å². The van der Waals surface area contributed by atoms with Crippen LogP contribution < -0.4 is 4.80 Å². The molecule has 2 aromatic rings. The third-order valence-electron chi connectivity index (χ3n) is 5.03. The van der Waals surface area contributed by atoms with Crippen LogP contribution in [0.5, 0.6) is 0 Å². The summed E-state index contributed by atoms with van der Waals surface area (Å²) in [7, 11) is -2.33. The second-order valence-electron chi connectivity index (χ2n) is 7.32. The summed E-state index contributed by atoms with van der Waals surface area (Å²) in [4.78, 5) is 40.7. The molecule has 0 saturated carbocycles. The fourth-order valence-electron chi connectivity index (χ4n) is 3.46. The zero-order chi connectivity index (χ0) is 22.1. The van der Waals surface area contributed by atoms with Crippen LogP contribution in [0, 0.1) is 10.1 Å². The number of nitrogens with zero attached hydrogens (tertiary/aromatic N) is 4. The van der Waals surface area contributed by atoms with Gasteiger partial charge in [-0.25, -0.2) is 8.42 Å². The summed E-state index contributed by atoms with van der Waals surface area (Å²) >= 11 is 1.05. The molecule has 0 N–H and O–H groups in total. The first-order chi connectivity index (χ1) is 14.1. The van der Waals surface area contributed by atoms with Crippen molar-refractivity contribution in [1.82, 2.24) is 9.47 Å². The van der Waals surface area contributed by atoms with Gasteiger partial charge < -0.3 is 9.47 Å². The third-order valence-corrected chi connectivity index (χ3v) is 7.50. The Kier molecular flexibility index (Phi) is 6.36. The Balaban J connectivity index is 1.76. The van der Waals surface area contributed by atoms with Crippen LogP contribution in [0.15, 0.2) is 23.2 Å². The summed E-state index contributed by atoms with van der Waals surface area (Å²) in [5, 5.41) is 10.9. The van der Waals surface area contributed by atoms with Crippen molar-refractivity contribution in [3.05, 3.63) is 33.1 Å². The number of aryl methyl sites for hydroxylation is 1. The summed E-state index contributed by atoms with van der Waals surface area (Å²) in [6.45, 7) is 2.41. The van der Waals surface area contributed by atoms with E-state index < -0.39 is 38.1 Å². The van der Waals surface area contributed by atoms with Gasteiger partial charge in [0.2, 0.25) is 5.91 Å². The normalized spacial score (nSPS) is 18.0. The Morgan fingerprint density at radius 3 is 2.70 bits per heavy atom. The van der Waals surface area contributed by atoms with Crippen molar-refractivity contribution in [2.45, 2.75) is 32.2 Å². The summed E-state index contributed by atoms with van der Waals surface area (Å²) in [5.41, 5.74) is 0.546. The number of carbonyl (C=O) groups is 2. The van der Waals surface area contributed by atoms with Gasteiger partial charge >= 0.3 is 0 Å². The van der Waals surface area contributed by atoms with Gasteiger partial charge in [0.15, 0.2) is 14.6 Å². The molecule has 1 atom stereocenters. The Bertz CT molecular complexity index is 1180.